The molecule has 0 unspecified atom stereocenters. The number of rotatable bonds is 5. The van der Waals surface area contributed by atoms with Crippen LogP contribution in [0, 0.1) is 5.41 Å². The Morgan fingerprint density at radius 1 is 1.20 bits per heavy atom. The van der Waals surface area contributed by atoms with E-state index < -0.39 is 11.4 Å². The average Bonchev–Trinajstić information content (AvgIpc) is 3.17. The van der Waals surface area contributed by atoms with E-state index in [9.17, 15) is 14.4 Å². The van der Waals surface area contributed by atoms with Crippen molar-refractivity contribution in [1.82, 2.24) is 10.2 Å². The molecule has 0 radical (unpaired) electrons. The van der Waals surface area contributed by atoms with Crippen molar-refractivity contribution < 1.29 is 19.5 Å². The quantitative estimate of drug-likeness (QED) is 0.779. The van der Waals surface area contributed by atoms with Crippen molar-refractivity contribution in [2.45, 2.75) is 44.9 Å². The molecule has 1 saturated heterocycles. The van der Waals surface area contributed by atoms with Gasteiger partial charge in [0.25, 0.3) is 0 Å². The van der Waals surface area contributed by atoms with Crippen LogP contribution in [0.15, 0.2) is 0 Å². The SMILES string of the molecule is O=C(CN1CCCCCCC1=O)NCC1(C(=O)O)CC1. The van der Waals surface area contributed by atoms with E-state index in [0.29, 0.717) is 25.8 Å². The fourth-order valence-corrected chi connectivity index (χ4v) is 2.50. The first kappa shape index (κ1) is 14.8. The van der Waals surface area contributed by atoms with Crippen molar-refractivity contribution in [3.05, 3.63) is 0 Å². The minimum atomic E-state index is -0.847. The average molecular weight is 282 g/mol. The van der Waals surface area contributed by atoms with Crippen LogP contribution in [0.25, 0.3) is 0 Å². The van der Waals surface area contributed by atoms with E-state index in [2.05, 4.69) is 5.32 Å². The standard InChI is InChI=1S/C14H22N2O4/c17-11(15-10-14(6-7-14)13(19)20)9-16-8-4-2-1-3-5-12(16)18/h1-10H2,(H,15,17)(H,19,20). The Kier molecular flexibility index (Phi) is 4.62. The Morgan fingerprint density at radius 2 is 1.90 bits per heavy atom. The smallest absolute Gasteiger partial charge is 0.311 e. The number of aliphatic carboxylic acids is 1. The summed E-state index contributed by atoms with van der Waals surface area (Å²) in [6.07, 6.45) is 5.72. The minimum absolute atomic E-state index is 0.0271. The Bertz CT molecular complexity index is 404. The fourth-order valence-electron chi connectivity index (χ4n) is 2.50. The van der Waals surface area contributed by atoms with Gasteiger partial charge in [-0.05, 0) is 25.7 Å². The molecule has 2 amide bonds. The summed E-state index contributed by atoms with van der Waals surface area (Å²) >= 11 is 0. The van der Waals surface area contributed by atoms with Gasteiger partial charge < -0.3 is 15.3 Å². The highest BCUT2D eigenvalue weighted by atomic mass is 16.4. The van der Waals surface area contributed by atoms with Gasteiger partial charge >= 0.3 is 5.97 Å². The first-order chi connectivity index (χ1) is 9.53. The van der Waals surface area contributed by atoms with Crippen molar-refractivity contribution >= 4 is 17.8 Å². The van der Waals surface area contributed by atoms with Crippen LogP contribution in [0.5, 0.6) is 0 Å². The highest BCUT2D eigenvalue weighted by Crippen LogP contribution is 2.45. The van der Waals surface area contributed by atoms with Gasteiger partial charge in [-0.3, -0.25) is 14.4 Å². The van der Waals surface area contributed by atoms with Crippen molar-refractivity contribution in [2.75, 3.05) is 19.6 Å². The lowest BCUT2D eigenvalue weighted by Crippen LogP contribution is -2.43. The maximum absolute atomic E-state index is 11.9. The maximum Gasteiger partial charge on any atom is 0.311 e. The van der Waals surface area contributed by atoms with Crippen LogP contribution in [0.1, 0.15) is 44.9 Å². The van der Waals surface area contributed by atoms with E-state index in [0.717, 1.165) is 25.7 Å². The molecule has 0 aromatic carbocycles. The number of carbonyl (C=O) groups excluding carboxylic acids is 2. The van der Waals surface area contributed by atoms with Crippen LogP contribution in [-0.2, 0) is 14.4 Å². The van der Waals surface area contributed by atoms with Gasteiger partial charge in [0.05, 0.1) is 12.0 Å². The first-order valence-electron chi connectivity index (χ1n) is 7.31. The number of hydrogen-bond donors (Lipinski definition) is 2. The number of carbonyl (C=O) groups is 3. The molecule has 2 N–H and O–H groups in total. The van der Waals surface area contributed by atoms with Gasteiger partial charge in [0, 0.05) is 19.5 Å². The topological polar surface area (TPSA) is 86.7 Å². The van der Waals surface area contributed by atoms with Crippen LogP contribution in [-0.4, -0.2) is 47.4 Å². The molecule has 1 aliphatic carbocycles. The van der Waals surface area contributed by atoms with E-state index in [1.54, 1.807) is 4.90 Å². The van der Waals surface area contributed by atoms with Crippen LogP contribution < -0.4 is 5.32 Å². The van der Waals surface area contributed by atoms with Crippen LogP contribution in [0.2, 0.25) is 0 Å². The summed E-state index contributed by atoms with van der Waals surface area (Å²) in [6.45, 7) is 0.841. The molecular weight excluding hydrogens is 260 g/mol. The Hall–Kier alpha value is -1.59. The predicted molar refractivity (Wildman–Crippen MR) is 72.0 cm³/mol. The van der Waals surface area contributed by atoms with Gasteiger partial charge in [-0.25, -0.2) is 0 Å². The molecule has 0 atom stereocenters. The molecular formula is C14H22N2O4. The summed E-state index contributed by atoms with van der Waals surface area (Å²) in [6, 6.07) is 0. The lowest BCUT2D eigenvalue weighted by molar-refractivity contribution is -0.143. The molecule has 0 aromatic heterocycles. The van der Waals surface area contributed by atoms with E-state index in [4.69, 9.17) is 5.11 Å². The molecule has 0 bridgehead atoms. The highest BCUT2D eigenvalue weighted by Gasteiger charge is 2.50. The van der Waals surface area contributed by atoms with Crippen molar-refractivity contribution in [2.24, 2.45) is 5.41 Å². The summed E-state index contributed by atoms with van der Waals surface area (Å²) in [5, 5.41) is 11.7. The predicted octanol–water partition coefficient (Wildman–Crippen LogP) is 0.760. The van der Waals surface area contributed by atoms with E-state index in [-0.39, 0.29) is 24.9 Å². The number of likely N-dealkylation sites (tertiary alicyclic amines) is 1. The monoisotopic (exact) mass is 282 g/mol. The summed E-state index contributed by atoms with van der Waals surface area (Å²) in [7, 11) is 0. The Balaban J connectivity index is 1.78. The second-order valence-corrected chi connectivity index (χ2v) is 5.84. The number of nitrogens with zero attached hydrogens (tertiary/aromatic N) is 1. The zero-order chi connectivity index (χ0) is 14.6. The molecule has 20 heavy (non-hydrogen) atoms. The Labute approximate surface area is 118 Å². The molecule has 1 aliphatic heterocycles. The molecule has 2 fully saturated rings. The molecule has 6 nitrogen and oxygen atoms in total. The van der Waals surface area contributed by atoms with Crippen LogP contribution >= 0.6 is 0 Å². The minimum Gasteiger partial charge on any atom is -0.481 e. The molecule has 2 rings (SSSR count). The summed E-state index contributed by atoms with van der Waals surface area (Å²) in [4.78, 5) is 36.3. The van der Waals surface area contributed by atoms with Crippen molar-refractivity contribution in [1.29, 1.82) is 0 Å². The van der Waals surface area contributed by atoms with Crippen molar-refractivity contribution in [3.8, 4) is 0 Å². The third-order valence-corrected chi connectivity index (χ3v) is 4.19. The van der Waals surface area contributed by atoms with Crippen LogP contribution in [0.3, 0.4) is 0 Å². The van der Waals surface area contributed by atoms with Crippen LogP contribution in [0.4, 0.5) is 0 Å². The van der Waals surface area contributed by atoms with Gasteiger partial charge in [-0.1, -0.05) is 12.8 Å². The first-order valence-corrected chi connectivity index (χ1v) is 7.31. The summed E-state index contributed by atoms with van der Waals surface area (Å²) in [5.74, 6) is -1.08. The number of carboxylic acids is 1. The largest absolute Gasteiger partial charge is 0.481 e. The lowest BCUT2D eigenvalue weighted by atomic mass is 10.1. The highest BCUT2D eigenvalue weighted by molar-refractivity contribution is 5.85. The van der Waals surface area contributed by atoms with E-state index in [1.165, 1.54) is 0 Å². The third kappa shape index (κ3) is 3.71. The normalized spacial score (nSPS) is 21.8. The molecule has 0 aromatic rings. The second-order valence-electron chi connectivity index (χ2n) is 5.84. The zero-order valence-corrected chi connectivity index (χ0v) is 11.7. The van der Waals surface area contributed by atoms with Gasteiger partial charge in [0.15, 0.2) is 0 Å². The molecule has 1 heterocycles. The Morgan fingerprint density at radius 3 is 2.55 bits per heavy atom. The number of nitrogens with one attached hydrogen (secondary N) is 1. The maximum atomic E-state index is 11.9. The number of amides is 2. The van der Waals surface area contributed by atoms with E-state index in [1.807, 2.05) is 0 Å². The lowest BCUT2D eigenvalue weighted by Gasteiger charge is -2.24. The molecule has 6 heteroatoms. The molecule has 0 spiro atoms. The molecule has 112 valence electrons. The summed E-state index contributed by atoms with van der Waals surface area (Å²) in [5.41, 5.74) is -0.754. The zero-order valence-electron chi connectivity index (χ0n) is 11.7. The summed E-state index contributed by atoms with van der Waals surface area (Å²) < 4.78 is 0. The number of hydrogen-bond acceptors (Lipinski definition) is 3. The van der Waals surface area contributed by atoms with Gasteiger partial charge in [-0.2, -0.15) is 0 Å². The molecule has 2 aliphatic rings. The van der Waals surface area contributed by atoms with Gasteiger partial charge in [-0.15, -0.1) is 0 Å². The van der Waals surface area contributed by atoms with Gasteiger partial charge in [0.2, 0.25) is 11.8 Å². The molecule has 1 saturated carbocycles. The van der Waals surface area contributed by atoms with E-state index >= 15 is 0 Å². The van der Waals surface area contributed by atoms with Crippen molar-refractivity contribution in [3.63, 3.8) is 0 Å². The third-order valence-electron chi connectivity index (χ3n) is 4.19. The van der Waals surface area contributed by atoms with Gasteiger partial charge in [0.1, 0.15) is 0 Å². The number of carboxylic acid groups (broad SMARTS) is 1. The fraction of sp³-hybridized carbons (Fsp3) is 0.786. The second kappa shape index (κ2) is 6.24.